The van der Waals surface area contributed by atoms with Gasteiger partial charge in [-0.25, -0.2) is 14.4 Å². The van der Waals surface area contributed by atoms with Gasteiger partial charge >= 0.3 is 0 Å². The minimum absolute atomic E-state index is 0.136. The van der Waals surface area contributed by atoms with Crippen molar-refractivity contribution in [3.63, 3.8) is 0 Å². The number of amides is 1. The van der Waals surface area contributed by atoms with Crippen LogP contribution >= 0.6 is 0 Å². The third kappa shape index (κ3) is 5.66. The second-order valence-corrected chi connectivity index (χ2v) is 8.77. The second kappa shape index (κ2) is 10.6. The Kier molecular flexibility index (Phi) is 6.93. The third-order valence-corrected chi connectivity index (χ3v) is 6.19. The van der Waals surface area contributed by atoms with Crippen LogP contribution in [0.3, 0.4) is 0 Å². The highest BCUT2D eigenvalue weighted by atomic mass is 19.1. The van der Waals surface area contributed by atoms with Crippen LogP contribution in [0, 0.1) is 5.82 Å². The maximum atomic E-state index is 13.8. The lowest BCUT2D eigenvalue weighted by atomic mass is 10.1. The van der Waals surface area contributed by atoms with Crippen LogP contribution in [0.25, 0.3) is 11.1 Å². The minimum atomic E-state index is -0.316. The largest absolute Gasteiger partial charge is 0.496 e. The van der Waals surface area contributed by atoms with E-state index in [2.05, 4.69) is 35.6 Å². The number of carbonyl (C=O) groups excluding carboxylic acids is 1. The SMILES string of the molecule is COc1ccc(F)cc1-c1cnn(C2CCN(c3ncnc(Nc4cccc(NC(C)=O)c4)n3)CC2)c1. The molecule has 2 aromatic carbocycles. The van der Waals surface area contributed by atoms with E-state index in [0.29, 0.717) is 28.9 Å². The van der Waals surface area contributed by atoms with E-state index in [9.17, 15) is 9.18 Å². The minimum Gasteiger partial charge on any atom is -0.496 e. The van der Waals surface area contributed by atoms with Gasteiger partial charge in [0.15, 0.2) is 0 Å². The first-order valence-corrected chi connectivity index (χ1v) is 12.0. The average molecular weight is 503 g/mol. The van der Waals surface area contributed by atoms with Crippen molar-refractivity contribution in [2.45, 2.75) is 25.8 Å². The summed E-state index contributed by atoms with van der Waals surface area (Å²) in [5.74, 6) is 1.18. The summed E-state index contributed by atoms with van der Waals surface area (Å²) in [7, 11) is 1.57. The lowest BCUT2D eigenvalue weighted by Crippen LogP contribution is -2.36. The van der Waals surface area contributed by atoms with Crippen LogP contribution < -0.4 is 20.3 Å². The summed E-state index contributed by atoms with van der Waals surface area (Å²) < 4.78 is 21.2. The number of aromatic nitrogens is 5. The Bertz CT molecular complexity index is 1400. The lowest BCUT2D eigenvalue weighted by Gasteiger charge is -2.32. The Balaban J connectivity index is 1.23. The fraction of sp³-hybridized carbons (Fsp3) is 0.269. The zero-order valence-electron chi connectivity index (χ0n) is 20.6. The highest BCUT2D eigenvalue weighted by molar-refractivity contribution is 5.89. The molecule has 0 bridgehead atoms. The van der Waals surface area contributed by atoms with Gasteiger partial charge in [-0.2, -0.15) is 10.1 Å². The maximum Gasteiger partial charge on any atom is 0.231 e. The molecule has 1 fully saturated rings. The van der Waals surface area contributed by atoms with E-state index in [-0.39, 0.29) is 17.8 Å². The zero-order valence-corrected chi connectivity index (χ0v) is 20.6. The quantitative estimate of drug-likeness (QED) is 0.382. The number of rotatable bonds is 7. The molecule has 0 unspecified atom stereocenters. The van der Waals surface area contributed by atoms with Crippen molar-refractivity contribution in [1.82, 2.24) is 24.7 Å². The van der Waals surface area contributed by atoms with Crippen molar-refractivity contribution >= 4 is 29.2 Å². The molecule has 0 atom stereocenters. The number of piperidine rings is 1. The number of halogens is 1. The highest BCUT2D eigenvalue weighted by Gasteiger charge is 2.24. The zero-order chi connectivity index (χ0) is 25.8. The van der Waals surface area contributed by atoms with E-state index in [1.165, 1.54) is 25.4 Å². The van der Waals surface area contributed by atoms with Crippen LogP contribution in [0.5, 0.6) is 5.75 Å². The van der Waals surface area contributed by atoms with Gasteiger partial charge in [-0.15, -0.1) is 0 Å². The monoisotopic (exact) mass is 502 g/mol. The van der Waals surface area contributed by atoms with E-state index in [0.717, 1.165) is 37.2 Å². The average Bonchev–Trinajstić information content (AvgIpc) is 3.39. The van der Waals surface area contributed by atoms with Crippen molar-refractivity contribution in [2.24, 2.45) is 0 Å². The van der Waals surface area contributed by atoms with Crippen LogP contribution in [0.15, 0.2) is 61.2 Å². The van der Waals surface area contributed by atoms with E-state index in [1.807, 2.05) is 35.1 Å². The van der Waals surface area contributed by atoms with Crippen LogP contribution in [0.2, 0.25) is 0 Å². The molecule has 0 aliphatic carbocycles. The molecule has 190 valence electrons. The van der Waals surface area contributed by atoms with Gasteiger partial charge in [0.05, 0.1) is 19.3 Å². The number of benzene rings is 2. The van der Waals surface area contributed by atoms with Crippen LogP contribution in [-0.2, 0) is 4.79 Å². The number of anilines is 4. The second-order valence-electron chi connectivity index (χ2n) is 8.77. The van der Waals surface area contributed by atoms with Crippen molar-refractivity contribution in [3.05, 3.63) is 67.0 Å². The molecule has 0 saturated carbocycles. The summed E-state index contributed by atoms with van der Waals surface area (Å²) in [6.45, 7) is 2.98. The molecule has 0 spiro atoms. The van der Waals surface area contributed by atoms with Gasteiger partial charge in [0.25, 0.3) is 0 Å². The van der Waals surface area contributed by atoms with Gasteiger partial charge in [-0.05, 0) is 49.2 Å². The van der Waals surface area contributed by atoms with E-state index >= 15 is 0 Å². The summed E-state index contributed by atoms with van der Waals surface area (Å²) in [5.41, 5.74) is 2.94. The Labute approximate surface area is 213 Å². The molecule has 37 heavy (non-hydrogen) atoms. The number of ether oxygens (including phenoxy) is 1. The number of methoxy groups -OCH3 is 1. The van der Waals surface area contributed by atoms with E-state index in [4.69, 9.17) is 4.74 Å². The number of hydrogen-bond donors (Lipinski definition) is 2. The van der Waals surface area contributed by atoms with Crippen LogP contribution in [0.4, 0.5) is 27.7 Å². The molecular weight excluding hydrogens is 475 g/mol. The van der Waals surface area contributed by atoms with Gasteiger partial charge in [0.1, 0.15) is 17.9 Å². The number of nitrogens with one attached hydrogen (secondary N) is 2. The predicted molar refractivity (Wildman–Crippen MR) is 139 cm³/mol. The topological polar surface area (TPSA) is 110 Å². The molecule has 3 heterocycles. The molecule has 0 radical (unpaired) electrons. The summed E-state index contributed by atoms with van der Waals surface area (Å²) >= 11 is 0. The van der Waals surface area contributed by atoms with Crippen molar-refractivity contribution in [2.75, 3.05) is 35.7 Å². The van der Waals surface area contributed by atoms with Gasteiger partial charge in [-0.3, -0.25) is 9.48 Å². The van der Waals surface area contributed by atoms with Gasteiger partial charge in [0.2, 0.25) is 17.8 Å². The first kappa shape index (κ1) is 24.2. The Morgan fingerprint density at radius 3 is 2.70 bits per heavy atom. The Morgan fingerprint density at radius 1 is 1.11 bits per heavy atom. The standard InChI is InChI=1S/C26H27FN8O2/c1-17(36)31-20-4-3-5-21(13-20)32-25-28-16-29-26(33-25)34-10-8-22(9-11-34)35-15-18(14-30-35)23-12-19(27)6-7-24(23)37-2/h3-7,12-16,22H,8-11H2,1-2H3,(H,31,36)(H,28,29,32,33). The first-order valence-electron chi connectivity index (χ1n) is 12.0. The van der Waals surface area contributed by atoms with Crippen molar-refractivity contribution in [3.8, 4) is 16.9 Å². The molecule has 11 heteroatoms. The molecule has 5 rings (SSSR count). The van der Waals surface area contributed by atoms with Crippen LogP contribution in [-0.4, -0.2) is 50.8 Å². The van der Waals surface area contributed by atoms with Crippen LogP contribution in [0.1, 0.15) is 25.8 Å². The third-order valence-electron chi connectivity index (χ3n) is 6.19. The molecule has 2 N–H and O–H groups in total. The summed E-state index contributed by atoms with van der Waals surface area (Å²) in [6.07, 6.45) is 6.88. The smallest absolute Gasteiger partial charge is 0.231 e. The first-order chi connectivity index (χ1) is 18.0. The van der Waals surface area contributed by atoms with Gasteiger partial charge in [0, 0.05) is 48.7 Å². The molecule has 10 nitrogen and oxygen atoms in total. The van der Waals surface area contributed by atoms with Gasteiger partial charge < -0.3 is 20.3 Å². The number of hydrogen-bond acceptors (Lipinski definition) is 8. The predicted octanol–water partition coefficient (Wildman–Crippen LogP) is 4.43. The summed E-state index contributed by atoms with van der Waals surface area (Å²) in [4.78, 5) is 26.6. The molecule has 1 saturated heterocycles. The summed E-state index contributed by atoms with van der Waals surface area (Å²) in [5, 5.41) is 10.5. The van der Waals surface area contributed by atoms with Crippen molar-refractivity contribution in [1.29, 1.82) is 0 Å². The molecule has 1 aliphatic heterocycles. The molecule has 4 aromatic rings. The van der Waals surface area contributed by atoms with Crippen molar-refractivity contribution < 1.29 is 13.9 Å². The lowest BCUT2D eigenvalue weighted by molar-refractivity contribution is -0.114. The number of carbonyl (C=O) groups is 1. The molecule has 1 aliphatic rings. The fourth-order valence-corrected chi connectivity index (χ4v) is 4.42. The Morgan fingerprint density at radius 2 is 1.92 bits per heavy atom. The Hall–Kier alpha value is -4.54. The van der Waals surface area contributed by atoms with Gasteiger partial charge in [-0.1, -0.05) is 6.07 Å². The normalized spacial score (nSPS) is 13.9. The highest BCUT2D eigenvalue weighted by Crippen LogP contribution is 2.32. The van der Waals surface area contributed by atoms with E-state index < -0.39 is 0 Å². The number of nitrogens with zero attached hydrogens (tertiary/aromatic N) is 6. The fourth-order valence-electron chi connectivity index (χ4n) is 4.42. The maximum absolute atomic E-state index is 13.8. The molecule has 2 aromatic heterocycles. The summed E-state index contributed by atoms with van der Waals surface area (Å²) in [6, 6.07) is 12.0. The molecule has 1 amide bonds. The van der Waals surface area contributed by atoms with E-state index in [1.54, 1.807) is 19.4 Å². The molecular formula is C26H27FN8O2.